The second kappa shape index (κ2) is 3.75. The second-order valence-corrected chi connectivity index (χ2v) is 5.87. The van der Waals surface area contributed by atoms with Crippen molar-refractivity contribution in [3.05, 3.63) is 28.8 Å². The van der Waals surface area contributed by atoms with Gasteiger partial charge in [-0.15, -0.1) is 0 Å². The van der Waals surface area contributed by atoms with Crippen LogP contribution in [0.1, 0.15) is 11.5 Å². The average molecular weight is 248 g/mol. The zero-order valence-electron chi connectivity index (χ0n) is 7.81. The minimum Gasteiger partial charge on any atom is -0.304 e. The summed E-state index contributed by atoms with van der Waals surface area (Å²) in [6.45, 7) is 0.163. The van der Waals surface area contributed by atoms with Gasteiger partial charge >= 0.3 is 0 Å². The third kappa shape index (κ3) is 1.76. The Bertz CT molecular complexity index is 486. The van der Waals surface area contributed by atoms with Crippen molar-refractivity contribution in [2.45, 2.75) is 10.8 Å². The van der Waals surface area contributed by atoms with Crippen molar-refractivity contribution in [3.63, 3.8) is 0 Å². The molecular weight excluding hydrogens is 238 g/mol. The van der Waals surface area contributed by atoms with Crippen molar-refractivity contribution in [1.82, 2.24) is 0 Å². The first-order valence-electron chi connectivity index (χ1n) is 4.39. The Kier molecular flexibility index (Phi) is 2.72. The fraction of sp³-hybridized carbons (Fsp3) is 0.333. The Balaban J connectivity index is 2.59. The van der Waals surface area contributed by atoms with Crippen LogP contribution in [0.15, 0.2) is 23.1 Å². The lowest BCUT2D eigenvalue weighted by molar-refractivity contribution is 0.127. The van der Waals surface area contributed by atoms with Crippen LogP contribution in [0.5, 0.6) is 0 Å². The largest absolute Gasteiger partial charge is 0.304 e. The molecule has 82 valence electrons. The minimum atomic E-state index is -3.22. The van der Waals surface area contributed by atoms with Gasteiger partial charge in [0.1, 0.15) is 0 Å². The summed E-state index contributed by atoms with van der Waals surface area (Å²) < 4.78 is 23.5. The highest BCUT2D eigenvalue weighted by molar-refractivity contribution is 7.91. The first-order chi connectivity index (χ1) is 7.06. The number of hydrogen-bond acceptors (Lipinski definition) is 4. The molecular formula is C9H10ClNO3S. The van der Waals surface area contributed by atoms with Gasteiger partial charge in [0.2, 0.25) is 0 Å². The first kappa shape index (κ1) is 10.9. The molecule has 0 radical (unpaired) electrons. The molecule has 0 fully saturated rings. The lowest BCUT2D eigenvalue weighted by Crippen LogP contribution is -2.13. The molecule has 0 amide bonds. The van der Waals surface area contributed by atoms with Gasteiger partial charge in [-0.2, -0.15) is 0 Å². The van der Waals surface area contributed by atoms with E-state index in [1.807, 2.05) is 0 Å². The molecule has 1 aromatic rings. The fourth-order valence-corrected chi connectivity index (χ4v) is 4.12. The van der Waals surface area contributed by atoms with Gasteiger partial charge in [0.05, 0.1) is 17.3 Å². The van der Waals surface area contributed by atoms with Gasteiger partial charge in [-0.25, -0.2) is 14.3 Å². The SMILES string of the molecule is NOCC1CS(=O)(=O)c2cccc(Cl)c21. The van der Waals surface area contributed by atoms with Gasteiger partial charge in [0.25, 0.3) is 0 Å². The Morgan fingerprint density at radius 1 is 1.53 bits per heavy atom. The Morgan fingerprint density at radius 2 is 2.27 bits per heavy atom. The van der Waals surface area contributed by atoms with E-state index in [0.29, 0.717) is 15.5 Å². The monoisotopic (exact) mass is 247 g/mol. The van der Waals surface area contributed by atoms with E-state index in [0.717, 1.165) is 0 Å². The lowest BCUT2D eigenvalue weighted by atomic mass is 10.0. The molecule has 6 heteroatoms. The fourth-order valence-electron chi connectivity index (χ4n) is 1.87. The van der Waals surface area contributed by atoms with Gasteiger partial charge in [-0.3, -0.25) is 0 Å². The number of sulfone groups is 1. The highest BCUT2D eigenvalue weighted by Crippen LogP contribution is 2.39. The number of hydrogen-bond donors (Lipinski definition) is 1. The van der Waals surface area contributed by atoms with Crippen LogP contribution < -0.4 is 5.90 Å². The third-order valence-corrected chi connectivity index (χ3v) is 4.67. The van der Waals surface area contributed by atoms with Gasteiger partial charge in [-0.05, 0) is 17.7 Å². The van der Waals surface area contributed by atoms with Gasteiger partial charge in [0.15, 0.2) is 9.84 Å². The molecule has 2 N–H and O–H groups in total. The quantitative estimate of drug-likeness (QED) is 0.795. The van der Waals surface area contributed by atoms with Crippen LogP contribution >= 0.6 is 11.6 Å². The molecule has 1 aliphatic heterocycles. The molecule has 0 aromatic heterocycles. The van der Waals surface area contributed by atoms with Crippen molar-refractivity contribution in [2.24, 2.45) is 5.90 Å². The molecule has 2 rings (SSSR count). The van der Waals surface area contributed by atoms with Crippen molar-refractivity contribution >= 4 is 21.4 Å². The van der Waals surface area contributed by atoms with E-state index in [1.165, 1.54) is 0 Å². The van der Waals surface area contributed by atoms with Crippen LogP contribution in [0.25, 0.3) is 0 Å². The van der Waals surface area contributed by atoms with Crippen molar-refractivity contribution in [1.29, 1.82) is 0 Å². The smallest absolute Gasteiger partial charge is 0.179 e. The maximum atomic E-state index is 11.7. The molecule has 0 saturated heterocycles. The number of nitrogens with two attached hydrogens (primary N) is 1. The number of fused-ring (bicyclic) bond motifs is 1. The zero-order valence-corrected chi connectivity index (χ0v) is 9.38. The van der Waals surface area contributed by atoms with E-state index in [1.54, 1.807) is 18.2 Å². The maximum absolute atomic E-state index is 11.7. The molecule has 1 aromatic carbocycles. The molecule has 0 spiro atoms. The van der Waals surface area contributed by atoms with Gasteiger partial charge in [-0.1, -0.05) is 17.7 Å². The summed E-state index contributed by atoms with van der Waals surface area (Å²) in [7, 11) is -3.22. The van der Waals surface area contributed by atoms with E-state index in [-0.39, 0.29) is 18.3 Å². The molecule has 1 heterocycles. The summed E-state index contributed by atoms with van der Waals surface area (Å²) >= 11 is 5.97. The standard InChI is InChI=1S/C9H10ClNO3S/c10-7-2-1-3-8-9(7)6(4-14-11)5-15(8,12)13/h1-3,6H,4-5,11H2. The molecule has 1 atom stereocenters. The molecule has 0 aliphatic carbocycles. The van der Waals surface area contributed by atoms with E-state index in [2.05, 4.69) is 4.84 Å². The lowest BCUT2D eigenvalue weighted by Gasteiger charge is -2.08. The highest BCUT2D eigenvalue weighted by atomic mass is 35.5. The molecule has 0 saturated carbocycles. The number of halogens is 1. The van der Waals surface area contributed by atoms with Crippen LogP contribution in [0.2, 0.25) is 5.02 Å². The Hall–Kier alpha value is -0.620. The van der Waals surface area contributed by atoms with E-state index >= 15 is 0 Å². The molecule has 0 bridgehead atoms. The normalized spacial score (nSPS) is 22.7. The maximum Gasteiger partial charge on any atom is 0.179 e. The molecule has 1 aliphatic rings. The van der Waals surface area contributed by atoms with E-state index in [4.69, 9.17) is 17.5 Å². The zero-order chi connectivity index (χ0) is 11.1. The summed E-state index contributed by atoms with van der Waals surface area (Å²) in [6.07, 6.45) is 0. The molecule has 15 heavy (non-hydrogen) atoms. The summed E-state index contributed by atoms with van der Waals surface area (Å²) in [5.74, 6) is 4.72. The van der Waals surface area contributed by atoms with Crippen LogP contribution in [0.3, 0.4) is 0 Å². The topological polar surface area (TPSA) is 69.4 Å². The molecule has 1 unspecified atom stereocenters. The Labute approximate surface area is 92.9 Å². The summed E-state index contributed by atoms with van der Waals surface area (Å²) in [6, 6.07) is 4.86. The van der Waals surface area contributed by atoms with Crippen LogP contribution in [-0.4, -0.2) is 20.8 Å². The van der Waals surface area contributed by atoms with Gasteiger partial charge < -0.3 is 4.84 Å². The third-order valence-electron chi connectivity index (χ3n) is 2.47. The second-order valence-electron chi connectivity index (χ2n) is 3.46. The number of rotatable bonds is 2. The van der Waals surface area contributed by atoms with E-state index in [9.17, 15) is 8.42 Å². The van der Waals surface area contributed by atoms with Crippen LogP contribution in [-0.2, 0) is 14.7 Å². The summed E-state index contributed by atoms with van der Waals surface area (Å²) in [5, 5.41) is 0.454. The Morgan fingerprint density at radius 3 is 2.93 bits per heavy atom. The van der Waals surface area contributed by atoms with Crippen molar-refractivity contribution in [2.75, 3.05) is 12.4 Å². The number of benzene rings is 1. The minimum absolute atomic E-state index is 0.0171. The highest BCUT2D eigenvalue weighted by Gasteiger charge is 2.36. The van der Waals surface area contributed by atoms with Gasteiger partial charge in [0, 0.05) is 10.9 Å². The van der Waals surface area contributed by atoms with Crippen molar-refractivity contribution in [3.8, 4) is 0 Å². The summed E-state index contributed by atoms with van der Waals surface area (Å²) in [4.78, 5) is 4.81. The molecule has 4 nitrogen and oxygen atoms in total. The average Bonchev–Trinajstić information content (AvgIpc) is 2.41. The van der Waals surface area contributed by atoms with E-state index < -0.39 is 9.84 Å². The summed E-state index contributed by atoms with van der Waals surface area (Å²) in [5.41, 5.74) is 0.629. The predicted molar refractivity (Wildman–Crippen MR) is 56.4 cm³/mol. The first-order valence-corrected chi connectivity index (χ1v) is 6.42. The van der Waals surface area contributed by atoms with Crippen molar-refractivity contribution < 1.29 is 13.3 Å². The predicted octanol–water partition coefficient (Wildman–Crippen LogP) is 1.10. The van der Waals surface area contributed by atoms with Crippen LogP contribution in [0.4, 0.5) is 0 Å². The van der Waals surface area contributed by atoms with Crippen LogP contribution in [0, 0.1) is 0 Å².